The van der Waals surface area contributed by atoms with Crippen LogP contribution in [0.5, 0.6) is 0 Å². The predicted molar refractivity (Wildman–Crippen MR) is 68.7 cm³/mol. The summed E-state index contributed by atoms with van der Waals surface area (Å²) in [5.41, 5.74) is 3.03. The molecule has 0 spiro atoms. The molecule has 84 valence electrons. The average molecular weight is 205 g/mol. The summed E-state index contributed by atoms with van der Waals surface area (Å²) in [4.78, 5) is 0. The smallest absolute Gasteiger partial charge is 0.0816 e. The van der Waals surface area contributed by atoms with Gasteiger partial charge in [-0.3, -0.25) is 0 Å². The lowest BCUT2D eigenvalue weighted by Crippen LogP contribution is -2.12. The fourth-order valence-electron chi connectivity index (χ4n) is 2.21. The monoisotopic (exact) mass is 205 g/mol. The van der Waals surface area contributed by atoms with Crippen LogP contribution < -0.4 is 0 Å². The Labute approximate surface area is 95.5 Å². The number of allylic oxidation sites excluding steroid dienone is 4. The van der Waals surface area contributed by atoms with Gasteiger partial charge in [-0.15, -0.1) is 0 Å². The lowest BCUT2D eigenvalue weighted by atomic mass is 9.80. The highest BCUT2D eigenvalue weighted by molar-refractivity contribution is 5.08. The molecule has 0 heteroatoms. The first-order valence-corrected chi connectivity index (χ1v) is 6.21. The maximum Gasteiger partial charge on any atom is 0.104 e. The highest BCUT2D eigenvalue weighted by Gasteiger charge is 2.27. The lowest BCUT2D eigenvalue weighted by molar-refractivity contribution is 0.463. The van der Waals surface area contributed by atoms with E-state index in [1.807, 2.05) is 0 Å². The van der Waals surface area contributed by atoms with Crippen LogP contribution in [0.15, 0.2) is 23.3 Å². The van der Waals surface area contributed by atoms with Gasteiger partial charge in [0, 0.05) is 12.8 Å². The van der Waals surface area contributed by atoms with Crippen LogP contribution in [0.2, 0.25) is 0 Å². The van der Waals surface area contributed by atoms with E-state index in [1.54, 1.807) is 11.5 Å². The second kappa shape index (κ2) is 6.05. The maximum atomic E-state index is 2.43. The molecule has 1 aliphatic carbocycles. The van der Waals surface area contributed by atoms with Gasteiger partial charge in [0.25, 0.3) is 0 Å². The topological polar surface area (TPSA) is 0 Å². The molecule has 0 aromatic heterocycles. The Morgan fingerprint density at radius 1 is 1.53 bits per heavy atom. The van der Waals surface area contributed by atoms with Gasteiger partial charge in [-0.1, -0.05) is 23.3 Å². The molecule has 1 rings (SSSR count). The van der Waals surface area contributed by atoms with Gasteiger partial charge in [0.1, 0.15) is 5.92 Å². The number of rotatable bonds is 4. The van der Waals surface area contributed by atoms with E-state index >= 15 is 0 Å². The summed E-state index contributed by atoms with van der Waals surface area (Å²) in [7, 11) is 0. The first-order valence-electron chi connectivity index (χ1n) is 6.21. The van der Waals surface area contributed by atoms with Crippen LogP contribution >= 0.6 is 0 Å². The van der Waals surface area contributed by atoms with Gasteiger partial charge in [-0.25, -0.2) is 0 Å². The molecule has 0 nitrogen and oxygen atoms in total. The fourth-order valence-corrected chi connectivity index (χ4v) is 2.21. The summed E-state index contributed by atoms with van der Waals surface area (Å²) < 4.78 is 0. The Bertz CT molecular complexity index is 241. The van der Waals surface area contributed by atoms with Crippen molar-refractivity contribution in [3.05, 3.63) is 29.2 Å². The van der Waals surface area contributed by atoms with Crippen molar-refractivity contribution in [1.29, 1.82) is 0 Å². The van der Waals surface area contributed by atoms with E-state index < -0.39 is 0 Å². The zero-order valence-electron chi connectivity index (χ0n) is 10.8. The normalized spacial score (nSPS) is 20.8. The zero-order valence-corrected chi connectivity index (χ0v) is 10.8. The number of hydrogen-bond donors (Lipinski definition) is 0. The van der Waals surface area contributed by atoms with Crippen LogP contribution in [0.4, 0.5) is 0 Å². The number of hydrogen-bond acceptors (Lipinski definition) is 0. The van der Waals surface area contributed by atoms with Crippen LogP contribution in [0.25, 0.3) is 0 Å². The fraction of sp³-hybridized carbons (Fsp3) is 0.667. The van der Waals surface area contributed by atoms with Crippen molar-refractivity contribution in [3.63, 3.8) is 0 Å². The van der Waals surface area contributed by atoms with E-state index in [9.17, 15) is 0 Å². The molecule has 0 saturated carbocycles. The van der Waals surface area contributed by atoms with Crippen LogP contribution in [0.1, 0.15) is 59.8 Å². The van der Waals surface area contributed by atoms with Crippen molar-refractivity contribution in [2.45, 2.75) is 59.8 Å². The molecule has 0 aromatic rings. The van der Waals surface area contributed by atoms with Gasteiger partial charge in [0.05, 0.1) is 19.3 Å². The second-order valence-corrected chi connectivity index (χ2v) is 5.19. The molecule has 0 radical (unpaired) electrons. The van der Waals surface area contributed by atoms with E-state index in [0.29, 0.717) is 0 Å². The Hall–Kier alpha value is -0.650. The molecule has 0 saturated heterocycles. The van der Waals surface area contributed by atoms with Gasteiger partial charge in [0.15, 0.2) is 0 Å². The Morgan fingerprint density at radius 3 is 2.80 bits per heavy atom. The highest BCUT2D eigenvalue weighted by Crippen LogP contribution is 2.32. The third-order valence-corrected chi connectivity index (χ3v) is 3.43. The Kier molecular flexibility index (Phi) is 5.01. The standard InChI is InChI=1S/C15H25/c1-12(2)6-5-7-14(4)15-10-8-13(3)9-11-15/h6,8,15H,5,7,9-11H2,1-4H3/q+1. The lowest BCUT2D eigenvalue weighted by Gasteiger charge is -2.18. The first kappa shape index (κ1) is 12.4. The SMILES string of the molecule is CC(C)=CCC[C+](C)C1CC=C(C)CC1. The molecule has 0 heterocycles. The minimum absolute atomic E-state index is 0.860. The molecule has 0 aliphatic heterocycles. The molecule has 0 N–H and O–H groups in total. The average Bonchev–Trinajstić information content (AvgIpc) is 2.18. The van der Waals surface area contributed by atoms with Crippen molar-refractivity contribution in [3.8, 4) is 0 Å². The van der Waals surface area contributed by atoms with Crippen LogP contribution in [0.3, 0.4) is 0 Å². The van der Waals surface area contributed by atoms with Gasteiger partial charge >= 0.3 is 0 Å². The van der Waals surface area contributed by atoms with Crippen molar-refractivity contribution < 1.29 is 0 Å². The molecule has 1 aliphatic rings. The van der Waals surface area contributed by atoms with Crippen LogP contribution in [0, 0.1) is 11.8 Å². The van der Waals surface area contributed by atoms with Crippen LogP contribution in [-0.2, 0) is 0 Å². The van der Waals surface area contributed by atoms with E-state index in [4.69, 9.17) is 0 Å². The molecule has 0 bridgehead atoms. The largest absolute Gasteiger partial charge is 0.104 e. The summed E-state index contributed by atoms with van der Waals surface area (Å²) in [5, 5.41) is 0. The molecule has 0 aromatic carbocycles. The van der Waals surface area contributed by atoms with E-state index in [1.165, 1.54) is 37.7 Å². The van der Waals surface area contributed by atoms with E-state index in [-0.39, 0.29) is 0 Å². The van der Waals surface area contributed by atoms with E-state index in [2.05, 4.69) is 39.8 Å². The summed E-state index contributed by atoms with van der Waals surface area (Å²) in [6.45, 7) is 8.97. The quantitative estimate of drug-likeness (QED) is 0.444. The van der Waals surface area contributed by atoms with Crippen molar-refractivity contribution in [2.75, 3.05) is 0 Å². The Balaban J connectivity index is 2.29. The molecule has 15 heavy (non-hydrogen) atoms. The van der Waals surface area contributed by atoms with Crippen molar-refractivity contribution in [1.82, 2.24) is 0 Å². The zero-order chi connectivity index (χ0) is 11.3. The third-order valence-electron chi connectivity index (χ3n) is 3.43. The molecule has 0 fully saturated rings. The highest BCUT2D eigenvalue weighted by atomic mass is 14.2. The summed E-state index contributed by atoms with van der Waals surface area (Å²) in [6.07, 6.45) is 11.3. The second-order valence-electron chi connectivity index (χ2n) is 5.19. The minimum atomic E-state index is 0.860. The minimum Gasteiger partial charge on any atom is -0.0816 e. The van der Waals surface area contributed by atoms with E-state index in [0.717, 1.165) is 5.92 Å². The molecular weight excluding hydrogens is 180 g/mol. The van der Waals surface area contributed by atoms with Gasteiger partial charge in [0.2, 0.25) is 0 Å². The van der Waals surface area contributed by atoms with Gasteiger partial charge < -0.3 is 0 Å². The predicted octanol–water partition coefficient (Wildman–Crippen LogP) is 5.07. The van der Waals surface area contributed by atoms with Gasteiger partial charge in [-0.2, -0.15) is 0 Å². The first-order chi connectivity index (χ1) is 7.09. The maximum absolute atomic E-state index is 2.43. The Morgan fingerprint density at radius 2 is 2.27 bits per heavy atom. The summed E-state index contributed by atoms with van der Waals surface area (Å²) in [5.74, 6) is 2.57. The molecular formula is C15H25+. The third kappa shape index (κ3) is 4.59. The van der Waals surface area contributed by atoms with Crippen LogP contribution in [-0.4, -0.2) is 0 Å². The summed E-state index contributed by atoms with van der Waals surface area (Å²) >= 11 is 0. The van der Waals surface area contributed by atoms with Gasteiger partial charge in [-0.05, 0) is 33.6 Å². The molecule has 0 amide bonds. The van der Waals surface area contributed by atoms with Crippen molar-refractivity contribution in [2.24, 2.45) is 5.92 Å². The van der Waals surface area contributed by atoms with Crippen molar-refractivity contribution >= 4 is 0 Å². The summed E-state index contributed by atoms with van der Waals surface area (Å²) in [6, 6.07) is 0. The molecule has 1 atom stereocenters. The molecule has 1 unspecified atom stereocenters.